The number of carbonyl (C=O) groups excluding carboxylic acids is 2. The number of anilines is 2. The first-order chi connectivity index (χ1) is 10.2. The largest absolute Gasteiger partial charge is 0.497 e. The fraction of sp³-hybridized carbons (Fsp3) is 0.125. The lowest BCUT2D eigenvalue weighted by atomic mass is 10.3. The molecular weight excluding hydrogens is 268 g/mol. The van der Waals surface area contributed by atoms with Gasteiger partial charge in [-0.25, -0.2) is 9.69 Å². The number of carbonyl (C=O) groups is 2. The first-order valence-corrected chi connectivity index (χ1v) is 6.54. The average Bonchev–Trinajstić information content (AvgIpc) is 2.83. The zero-order chi connectivity index (χ0) is 14.8. The maximum atomic E-state index is 12.5. The Morgan fingerprint density at radius 3 is 2.19 bits per heavy atom. The number of nitrogens with zero attached hydrogens (tertiary/aromatic N) is 2. The number of methoxy groups -OCH3 is 1. The molecule has 0 aromatic heterocycles. The molecule has 1 aliphatic rings. The summed E-state index contributed by atoms with van der Waals surface area (Å²) >= 11 is 0. The molecule has 5 nitrogen and oxygen atoms in total. The molecule has 1 saturated heterocycles. The third-order valence-electron chi connectivity index (χ3n) is 3.36. The van der Waals surface area contributed by atoms with Crippen molar-refractivity contribution in [2.75, 3.05) is 23.5 Å². The summed E-state index contributed by atoms with van der Waals surface area (Å²) in [5.74, 6) is 0.437. The highest BCUT2D eigenvalue weighted by atomic mass is 16.5. The molecular formula is C16H14N2O3. The van der Waals surface area contributed by atoms with Crippen molar-refractivity contribution in [3.05, 3.63) is 54.6 Å². The third-order valence-corrected chi connectivity index (χ3v) is 3.36. The van der Waals surface area contributed by atoms with E-state index in [-0.39, 0.29) is 18.5 Å². The van der Waals surface area contributed by atoms with Crippen molar-refractivity contribution in [1.29, 1.82) is 0 Å². The predicted octanol–water partition coefficient (Wildman–Crippen LogP) is 2.67. The first kappa shape index (κ1) is 13.2. The molecule has 21 heavy (non-hydrogen) atoms. The molecule has 1 heterocycles. The fourth-order valence-electron chi connectivity index (χ4n) is 2.30. The van der Waals surface area contributed by atoms with Gasteiger partial charge in [-0.2, -0.15) is 0 Å². The van der Waals surface area contributed by atoms with E-state index >= 15 is 0 Å². The number of hydrogen-bond donors (Lipinski definition) is 0. The van der Waals surface area contributed by atoms with Crippen molar-refractivity contribution < 1.29 is 14.3 Å². The van der Waals surface area contributed by atoms with Crippen molar-refractivity contribution in [2.45, 2.75) is 0 Å². The van der Waals surface area contributed by atoms with E-state index in [9.17, 15) is 9.59 Å². The zero-order valence-corrected chi connectivity index (χ0v) is 11.5. The van der Waals surface area contributed by atoms with Crippen LogP contribution in [0.2, 0.25) is 0 Å². The monoisotopic (exact) mass is 282 g/mol. The molecule has 5 heteroatoms. The Hall–Kier alpha value is -2.82. The van der Waals surface area contributed by atoms with Crippen molar-refractivity contribution in [3.8, 4) is 5.75 Å². The number of amides is 3. The first-order valence-electron chi connectivity index (χ1n) is 6.54. The Morgan fingerprint density at radius 1 is 0.905 bits per heavy atom. The van der Waals surface area contributed by atoms with Crippen LogP contribution in [-0.2, 0) is 4.79 Å². The highest BCUT2D eigenvalue weighted by Gasteiger charge is 2.37. The topological polar surface area (TPSA) is 49.9 Å². The SMILES string of the molecule is COc1ccc(N2C(=O)CN(c3ccccc3)C2=O)cc1. The van der Waals surface area contributed by atoms with Gasteiger partial charge in [-0.1, -0.05) is 18.2 Å². The molecule has 1 fully saturated rings. The Balaban J connectivity index is 1.90. The fourth-order valence-corrected chi connectivity index (χ4v) is 2.30. The Kier molecular flexibility index (Phi) is 3.31. The molecule has 2 aromatic rings. The van der Waals surface area contributed by atoms with Crippen LogP contribution in [0.5, 0.6) is 5.75 Å². The molecule has 0 unspecified atom stereocenters. The quantitative estimate of drug-likeness (QED) is 0.813. The van der Waals surface area contributed by atoms with E-state index in [4.69, 9.17) is 4.74 Å². The van der Waals surface area contributed by atoms with Gasteiger partial charge in [0.1, 0.15) is 12.3 Å². The summed E-state index contributed by atoms with van der Waals surface area (Å²) < 4.78 is 5.08. The van der Waals surface area contributed by atoms with Crippen molar-refractivity contribution in [3.63, 3.8) is 0 Å². The van der Waals surface area contributed by atoms with Gasteiger partial charge in [0.2, 0.25) is 0 Å². The van der Waals surface area contributed by atoms with Crippen molar-refractivity contribution in [1.82, 2.24) is 0 Å². The number of hydrogen-bond acceptors (Lipinski definition) is 3. The maximum Gasteiger partial charge on any atom is 0.336 e. The minimum absolute atomic E-state index is 0.0505. The molecule has 0 spiro atoms. The molecule has 0 aliphatic carbocycles. The molecule has 0 radical (unpaired) electrons. The lowest BCUT2D eigenvalue weighted by Gasteiger charge is -2.17. The van der Waals surface area contributed by atoms with Crippen molar-refractivity contribution in [2.24, 2.45) is 0 Å². The number of ether oxygens (including phenoxy) is 1. The second-order valence-electron chi connectivity index (χ2n) is 4.63. The minimum atomic E-state index is -0.337. The summed E-state index contributed by atoms with van der Waals surface area (Å²) in [5.41, 5.74) is 1.26. The van der Waals surface area contributed by atoms with E-state index < -0.39 is 0 Å². The molecule has 0 bridgehead atoms. The highest BCUT2D eigenvalue weighted by Crippen LogP contribution is 2.27. The van der Waals surface area contributed by atoms with Crippen LogP contribution in [0, 0.1) is 0 Å². The highest BCUT2D eigenvalue weighted by molar-refractivity contribution is 6.26. The summed E-state index contributed by atoms with van der Waals surface area (Å²) in [6.07, 6.45) is 0. The normalized spacial score (nSPS) is 14.7. The Labute approximate surface area is 122 Å². The molecule has 3 amide bonds. The van der Waals surface area contributed by atoms with Crippen LogP contribution in [0.15, 0.2) is 54.6 Å². The third kappa shape index (κ3) is 2.33. The lowest BCUT2D eigenvalue weighted by molar-refractivity contribution is -0.115. The number of urea groups is 1. The van der Waals surface area contributed by atoms with Crippen LogP contribution in [-0.4, -0.2) is 25.6 Å². The van der Waals surface area contributed by atoms with E-state index in [2.05, 4.69) is 0 Å². The van der Waals surface area contributed by atoms with Gasteiger partial charge >= 0.3 is 6.03 Å². The van der Waals surface area contributed by atoms with Crippen LogP contribution in [0.25, 0.3) is 0 Å². The Morgan fingerprint density at radius 2 is 1.57 bits per heavy atom. The van der Waals surface area contributed by atoms with E-state index in [1.165, 1.54) is 9.80 Å². The summed E-state index contributed by atoms with van der Waals surface area (Å²) in [6.45, 7) is 0.0505. The zero-order valence-electron chi connectivity index (χ0n) is 11.5. The summed E-state index contributed by atoms with van der Waals surface area (Å²) in [4.78, 5) is 27.3. The molecule has 0 N–H and O–H groups in total. The average molecular weight is 282 g/mol. The van der Waals surface area contributed by atoms with E-state index in [1.54, 1.807) is 31.4 Å². The van der Waals surface area contributed by atoms with Gasteiger partial charge in [0.05, 0.1) is 12.8 Å². The van der Waals surface area contributed by atoms with Gasteiger partial charge in [0.15, 0.2) is 0 Å². The molecule has 2 aromatic carbocycles. The maximum absolute atomic E-state index is 12.5. The predicted molar refractivity (Wildman–Crippen MR) is 79.7 cm³/mol. The Bertz CT molecular complexity index is 668. The van der Waals surface area contributed by atoms with Gasteiger partial charge in [0.25, 0.3) is 5.91 Å². The van der Waals surface area contributed by atoms with Gasteiger partial charge in [-0.3, -0.25) is 9.69 Å². The van der Waals surface area contributed by atoms with E-state index in [0.717, 1.165) is 0 Å². The number of rotatable bonds is 3. The van der Waals surface area contributed by atoms with Gasteiger partial charge < -0.3 is 4.74 Å². The van der Waals surface area contributed by atoms with Crippen LogP contribution in [0.3, 0.4) is 0 Å². The molecule has 106 valence electrons. The summed E-state index contributed by atoms with van der Waals surface area (Å²) in [6, 6.07) is 15.7. The molecule has 0 saturated carbocycles. The molecule has 3 rings (SSSR count). The van der Waals surface area contributed by atoms with Crippen LogP contribution < -0.4 is 14.5 Å². The molecule has 0 atom stereocenters. The smallest absolute Gasteiger partial charge is 0.336 e. The number of imide groups is 1. The van der Waals surface area contributed by atoms with E-state index in [0.29, 0.717) is 17.1 Å². The summed E-state index contributed by atoms with van der Waals surface area (Å²) in [5, 5.41) is 0. The van der Waals surface area contributed by atoms with Gasteiger partial charge in [-0.05, 0) is 36.4 Å². The van der Waals surface area contributed by atoms with Crippen molar-refractivity contribution >= 4 is 23.3 Å². The summed E-state index contributed by atoms with van der Waals surface area (Å²) in [7, 11) is 1.57. The van der Waals surface area contributed by atoms with Gasteiger partial charge in [-0.15, -0.1) is 0 Å². The standard InChI is InChI=1S/C16H14N2O3/c1-21-14-9-7-13(8-10-14)18-15(19)11-17(16(18)20)12-5-3-2-4-6-12/h2-10H,11H2,1H3. The number of benzene rings is 2. The second kappa shape index (κ2) is 5.28. The van der Waals surface area contributed by atoms with E-state index in [1.807, 2.05) is 30.3 Å². The van der Waals surface area contributed by atoms with Crippen LogP contribution >= 0.6 is 0 Å². The second-order valence-corrected chi connectivity index (χ2v) is 4.63. The molecule has 1 aliphatic heterocycles. The van der Waals surface area contributed by atoms with Gasteiger partial charge in [0, 0.05) is 5.69 Å². The lowest BCUT2D eigenvalue weighted by Crippen LogP contribution is -2.32. The number of para-hydroxylation sites is 1. The van der Waals surface area contributed by atoms with Crippen LogP contribution in [0.1, 0.15) is 0 Å². The van der Waals surface area contributed by atoms with Crippen LogP contribution in [0.4, 0.5) is 16.2 Å². The minimum Gasteiger partial charge on any atom is -0.497 e.